The lowest BCUT2D eigenvalue weighted by Gasteiger charge is -2.22. The van der Waals surface area contributed by atoms with E-state index in [0.29, 0.717) is 5.56 Å². The highest BCUT2D eigenvalue weighted by Crippen LogP contribution is 2.38. The smallest absolute Gasteiger partial charge is 0.257 e. The molecule has 31 heavy (non-hydrogen) atoms. The first kappa shape index (κ1) is 22.5. The molecule has 0 saturated carbocycles. The van der Waals surface area contributed by atoms with Crippen molar-refractivity contribution in [2.75, 3.05) is 5.32 Å². The molecular formula is C26H28N2O2S. The minimum Gasteiger partial charge on any atom is -0.457 e. The van der Waals surface area contributed by atoms with Gasteiger partial charge in [-0.3, -0.25) is 10.1 Å². The van der Waals surface area contributed by atoms with Gasteiger partial charge >= 0.3 is 0 Å². The molecule has 1 amide bonds. The van der Waals surface area contributed by atoms with E-state index in [9.17, 15) is 4.79 Å². The molecule has 3 aromatic carbocycles. The highest BCUT2D eigenvalue weighted by atomic mass is 32.1. The quantitative estimate of drug-likeness (QED) is 0.465. The summed E-state index contributed by atoms with van der Waals surface area (Å²) in [5.41, 5.74) is 7.59. The Kier molecular flexibility index (Phi) is 6.76. The fraction of sp³-hybridized carbons (Fsp3) is 0.231. The zero-order chi connectivity index (χ0) is 22.7. The molecule has 160 valence electrons. The molecule has 0 aliphatic heterocycles. The van der Waals surface area contributed by atoms with Crippen molar-refractivity contribution in [3.05, 3.63) is 87.5 Å². The zero-order valence-electron chi connectivity index (χ0n) is 18.8. The minimum absolute atomic E-state index is 0.223. The lowest BCUT2D eigenvalue weighted by Crippen LogP contribution is -2.35. The van der Waals surface area contributed by atoms with E-state index in [4.69, 9.17) is 17.0 Å². The topological polar surface area (TPSA) is 50.4 Å². The first-order chi connectivity index (χ1) is 14.7. The van der Waals surface area contributed by atoms with E-state index in [0.717, 1.165) is 50.6 Å². The molecule has 0 heterocycles. The second-order valence-corrected chi connectivity index (χ2v) is 8.20. The molecule has 3 rings (SSSR count). The Morgan fingerprint density at radius 1 is 0.774 bits per heavy atom. The number of hydrogen-bond acceptors (Lipinski definition) is 3. The Labute approximate surface area is 189 Å². The van der Waals surface area contributed by atoms with Crippen LogP contribution in [-0.2, 0) is 0 Å². The van der Waals surface area contributed by atoms with Crippen LogP contribution in [0.2, 0.25) is 0 Å². The van der Waals surface area contributed by atoms with Gasteiger partial charge in [-0.15, -0.1) is 0 Å². The lowest BCUT2D eigenvalue weighted by molar-refractivity contribution is 0.0977. The molecule has 0 saturated heterocycles. The number of aryl methyl sites for hydroxylation is 2. The van der Waals surface area contributed by atoms with Gasteiger partial charge in [0, 0.05) is 11.3 Å². The van der Waals surface area contributed by atoms with E-state index in [1.165, 1.54) is 0 Å². The summed E-state index contributed by atoms with van der Waals surface area (Å²) in [6.45, 7) is 12.1. The van der Waals surface area contributed by atoms with Crippen LogP contribution >= 0.6 is 12.2 Å². The van der Waals surface area contributed by atoms with E-state index in [1.54, 1.807) is 6.07 Å². The van der Waals surface area contributed by atoms with Crippen molar-refractivity contribution in [1.82, 2.24) is 5.32 Å². The molecule has 0 radical (unpaired) electrons. The van der Waals surface area contributed by atoms with Gasteiger partial charge in [-0.2, -0.15) is 0 Å². The van der Waals surface area contributed by atoms with E-state index in [-0.39, 0.29) is 11.0 Å². The normalized spacial score (nSPS) is 10.5. The number of benzene rings is 3. The summed E-state index contributed by atoms with van der Waals surface area (Å²) in [6, 6.07) is 15.4. The fourth-order valence-electron chi connectivity index (χ4n) is 3.54. The van der Waals surface area contributed by atoms with Gasteiger partial charge in [-0.1, -0.05) is 36.4 Å². The van der Waals surface area contributed by atoms with Crippen LogP contribution in [0.15, 0.2) is 48.5 Å². The van der Waals surface area contributed by atoms with Gasteiger partial charge in [0.05, 0.1) is 0 Å². The Hall–Kier alpha value is -3.18. The maximum Gasteiger partial charge on any atom is 0.257 e. The second-order valence-electron chi connectivity index (χ2n) is 7.79. The summed E-state index contributed by atoms with van der Waals surface area (Å²) in [7, 11) is 0. The summed E-state index contributed by atoms with van der Waals surface area (Å²) in [5.74, 6) is 1.47. The third-order valence-corrected chi connectivity index (χ3v) is 5.92. The third kappa shape index (κ3) is 4.78. The minimum atomic E-state index is -0.223. The Bertz CT molecular complexity index is 1140. The maximum atomic E-state index is 12.6. The van der Waals surface area contributed by atoms with Crippen LogP contribution in [0.4, 0.5) is 5.69 Å². The van der Waals surface area contributed by atoms with Crippen molar-refractivity contribution in [1.29, 1.82) is 0 Å². The number of para-hydroxylation sites is 1. The zero-order valence-corrected chi connectivity index (χ0v) is 19.7. The predicted octanol–water partition coefficient (Wildman–Crippen LogP) is 6.46. The molecule has 0 bridgehead atoms. The molecule has 0 fully saturated rings. The van der Waals surface area contributed by atoms with Crippen LogP contribution in [0.5, 0.6) is 11.5 Å². The molecule has 0 spiro atoms. The second kappa shape index (κ2) is 9.31. The summed E-state index contributed by atoms with van der Waals surface area (Å²) in [6.07, 6.45) is 0. The van der Waals surface area contributed by atoms with Crippen LogP contribution in [0.3, 0.4) is 0 Å². The van der Waals surface area contributed by atoms with Crippen molar-refractivity contribution in [2.24, 2.45) is 0 Å². The number of carbonyl (C=O) groups excluding carboxylic acids is 1. The highest BCUT2D eigenvalue weighted by Gasteiger charge is 2.19. The molecule has 4 nitrogen and oxygen atoms in total. The van der Waals surface area contributed by atoms with E-state index in [2.05, 4.69) is 10.6 Å². The molecule has 0 aromatic heterocycles. The Balaban J connectivity index is 1.85. The van der Waals surface area contributed by atoms with Crippen molar-refractivity contribution in [3.63, 3.8) is 0 Å². The molecule has 3 aromatic rings. The Morgan fingerprint density at radius 2 is 1.32 bits per heavy atom. The number of amides is 1. The summed E-state index contributed by atoms with van der Waals surface area (Å²) in [4.78, 5) is 12.6. The average Bonchev–Trinajstić information content (AvgIpc) is 2.74. The largest absolute Gasteiger partial charge is 0.457 e. The fourth-order valence-corrected chi connectivity index (χ4v) is 3.74. The van der Waals surface area contributed by atoms with Gasteiger partial charge in [0.1, 0.15) is 11.5 Å². The number of anilines is 1. The summed E-state index contributed by atoms with van der Waals surface area (Å²) in [5, 5.41) is 6.29. The van der Waals surface area contributed by atoms with Crippen molar-refractivity contribution in [2.45, 2.75) is 41.5 Å². The first-order valence-corrected chi connectivity index (χ1v) is 10.6. The van der Waals surface area contributed by atoms with Gasteiger partial charge in [0.25, 0.3) is 5.91 Å². The molecule has 0 aliphatic carbocycles. The van der Waals surface area contributed by atoms with Gasteiger partial charge in [0.2, 0.25) is 0 Å². The summed E-state index contributed by atoms with van der Waals surface area (Å²) >= 11 is 5.44. The first-order valence-electron chi connectivity index (χ1n) is 10.2. The van der Waals surface area contributed by atoms with Gasteiger partial charge in [-0.05, 0) is 99.3 Å². The number of hydrogen-bond donors (Lipinski definition) is 2. The molecule has 0 atom stereocenters. The van der Waals surface area contributed by atoms with Crippen LogP contribution < -0.4 is 15.4 Å². The molecular weight excluding hydrogens is 404 g/mol. The molecule has 5 heteroatoms. The van der Waals surface area contributed by atoms with Gasteiger partial charge in [-0.25, -0.2) is 0 Å². The number of thiocarbonyl (C=S) groups is 1. The van der Waals surface area contributed by atoms with Crippen LogP contribution in [0.1, 0.15) is 43.7 Å². The van der Waals surface area contributed by atoms with Crippen molar-refractivity contribution >= 4 is 28.9 Å². The van der Waals surface area contributed by atoms with E-state index in [1.807, 2.05) is 84.0 Å². The predicted molar refractivity (Wildman–Crippen MR) is 132 cm³/mol. The lowest BCUT2D eigenvalue weighted by atomic mass is 9.97. The number of nitrogens with one attached hydrogen (secondary N) is 2. The number of rotatable bonds is 4. The molecule has 2 N–H and O–H groups in total. The van der Waals surface area contributed by atoms with E-state index < -0.39 is 0 Å². The molecule has 0 aliphatic rings. The van der Waals surface area contributed by atoms with Crippen molar-refractivity contribution < 1.29 is 9.53 Å². The third-order valence-electron chi connectivity index (χ3n) is 5.72. The maximum absolute atomic E-state index is 12.6. The highest BCUT2D eigenvalue weighted by molar-refractivity contribution is 7.80. The Morgan fingerprint density at radius 3 is 1.90 bits per heavy atom. The van der Waals surface area contributed by atoms with Crippen LogP contribution in [0, 0.1) is 41.5 Å². The number of ether oxygens (including phenoxy) is 1. The summed E-state index contributed by atoms with van der Waals surface area (Å²) < 4.78 is 6.30. The standard InChI is InChI=1S/C26H28N2O2S/c1-15-11-7-9-13-21(15)25(29)28-26(31)27-23-17(3)19(5)24(20(6)18(23)4)30-22-14-10-8-12-16(22)2/h7-14H,1-6H3,(H2,27,28,29,31). The average molecular weight is 433 g/mol. The van der Waals surface area contributed by atoms with Crippen LogP contribution in [-0.4, -0.2) is 11.0 Å². The number of carbonyl (C=O) groups is 1. The van der Waals surface area contributed by atoms with Crippen LogP contribution in [0.25, 0.3) is 0 Å². The van der Waals surface area contributed by atoms with E-state index >= 15 is 0 Å². The molecule has 0 unspecified atom stereocenters. The van der Waals surface area contributed by atoms with Gasteiger partial charge in [0.15, 0.2) is 5.11 Å². The van der Waals surface area contributed by atoms with Crippen molar-refractivity contribution in [3.8, 4) is 11.5 Å². The monoisotopic (exact) mass is 432 g/mol. The van der Waals surface area contributed by atoms with Gasteiger partial charge < -0.3 is 10.1 Å². The SMILES string of the molecule is Cc1ccccc1Oc1c(C)c(C)c(NC(=S)NC(=O)c2ccccc2C)c(C)c1C.